The Balaban J connectivity index is 1.40. The Morgan fingerprint density at radius 3 is 2.38 bits per heavy atom. The molecule has 4 rings (SSSR count). The number of carbonyl (C=O) groups is 2. The highest BCUT2D eigenvalue weighted by molar-refractivity contribution is 6.11. The first-order valence-electron chi connectivity index (χ1n) is 10.7. The second-order valence-electron chi connectivity index (χ2n) is 7.76. The number of aryl methyl sites for hydroxylation is 1. The van der Waals surface area contributed by atoms with Crippen LogP contribution in [-0.2, 0) is 22.6 Å². The number of hydrogen-bond acceptors (Lipinski definition) is 3. The summed E-state index contributed by atoms with van der Waals surface area (Å²) in [5, 5.41) is 9.28. The first kappa shape index (κ1) is 21.3. The summed E-state index contributed by atoms with van der Waals surface area (Å²) >= 11 is 0. The molecule has 0 aliphatic heterocycles. The van der Waals surface area contributed by atoms with Gasteiger partial charge in [-0.15, -0.1) is 0 Å². The van der Waals surface area contributed by atoms with Gasteiger partial charge in [-0.2, -0.15) is 5.10 Å². The van der Waals surface area contributed by atoms with Crippen LogP contribution in [0.15, 0.2) is 77.9 Å². The molecule has 0 spiro atoms. The van der Waals surface area contributed by atoms with Gasteiger partial charge in [0.2, 0.25) is 11.8 Å². The SMILES string of the molecule is CCn1c2ccccc2c2cc(NC(=O)C/C(C)=N\NC(=O)Cc3ccccc3)ccc21. The number of anilines is 1. The minimum absolute atomic E-state index is 0.0976. The monoisotopic (exact) mass is 426 g/mol. The number of rotatable bonds is 7. The number of nitrogens with zero attached hydrogens (tertiary/aromatic N) is 2. The standard InChI is InChI=1S/C26H26N4O2/c1-3-30-23-12-8-7-11-21(23)22-17-20(13-14-24(22)30)27-25(31)15-18(2)28-29-26(32)16-19-9-5-4-6-10-19/h4-14,17H,3,15-16H2,1-2H3,(H,27,31)(H,29,32)/b28-18-. The summed E-state index contributed by atoms with van der Waals surface area (Å²) in [6.45, 7) is 4.73. The number of hydrazone groups is 1. The number of carbonyl (C=O) groups excluding carboxylic acids is 2. The Hall–Kier alpha value is -3.93. The second-order valence-corrected chi connectivity index (χ2v) is 7.76. The largest absolute Gasteiger partial charge is 0.341 e. The smallest absolute Gasteiger partial charge is 0.244 e. The van der Waals surface area contributed by atoms with E-state index in [4.69, 9.17) is 0 Å². The van der Waals surface area contributed by atoms with Crippen molar-refractivity contribution >= 4 is 45.0 Å². The van der Waals surface area contributed by atoms with Crippen molar-refractivity contribution in [1.82, 2.24) is 9.99 Å². The van der Waals surface area contributed by atoms with Gasteiger partial charge in [0, 0.05) is 39.7 Å². The van der Waals surface area contributed by atoms with Crippen LogP contribution in [0.4, 0.5) is 5.69 Å². The van der Waals surface area contributed by atoms with Gasteiger partial charge in [-0.25, -0.2) is 5.43 Å². The van der Waals surface area contributed by atoms with E-state index in [1.165, 1.54) is 10.9 Å². The molecule has 6 nitrogen and oxygen atoms in total. The first-order chi connectivity index (χ1) is 15.5. The molecule has 2 amide bonds. The van der Waals surface area contributed by atoms with Crippen molar-refractivity contribution in [3.63, 3.8) is 0 Å². The predicted molar refractivity (Wildman–Crippen MR) is 130 cm³/mol. The van der Waals surface area contributed by atoms with Crippen LogP contribution >= 0.6 is 0 Å². The highest BCUT2D eigenvalue weighted by atomic mass is 16.2. The van der Waals surface area contributed by atoms with Crippen molar-refractivity contribution < 1.29 is 9.59 Å². The van der Waals surface area contributed by atoms with Crippen LogP contribution in [0.2, 0.25) is 0 Å². The molecule has 1 heterocycles. The Kier molecular flexibility index (Phi) is 6.31. The molecule has 4 aromatic rings. The van der Waals surface area contributed by atoms with Crippen LogP contribution in [0, 0.1) is 0 Å². The molecule has 0 unspecified atom stereocenters. The molecule has 1 aromatic heterocycles. The van der Waals surface area contributed by atoms with Crippen molar-refractivity contribution in [3.05, 3.63) is 78.4 Å². The lowest BCUT2D eigenvalue weighted by molar-refractivity contribution is -0.120. The van der Waals surface area contributed by atoms with E-state index in [-0.39, 0.29) is 24.7 Å². The van der Waals surface area contributed by atoms with Gasteiger partial charge in [-0.3, -0.25) is 9.59 Å². The maximum absolute atomic E-state index is 12.5. The Bertz CT molecular complexity index is 1310. The molecule has 0 saturated heterocycles. The molecular weight excluding hydrogens is 400 g/mol. The lowest BCUT2D eigenvalue weighted by Crippen LogP contribution is -2.22. The minimum atomic E-state index is -0.214. The third-order valence-corrected chi connectivity index (χ3v) is 5.37. The van der Waals surface area contributed by atoms with Gasteiger partial charge in [0.25, 0.3) is 0 Å². The zero-order chi connectivity index (χ0) is 22.5. The van der Waals surface area contributed by atoms with Gasteiger partial charge in [-0.1, -0.05) is 48.5 Å². The molecule has 3 aromatic carbocycles. The fourth-order valence-corrected chi connectivity index (χ4v) is 3.93. The predicted octanol–water partition coefficient (Wildman–Crippen LogP) is 4.88. The van der Waals surface area contributed by atoms with Gasteiger partial charge in [0.15, 0.2) is 0 Å². The number of aromatic nitrogens is 1. The van der Waals surface area contributed by atoms with Crippen LogP contribution < -0.4 is 10.7 Å². The number of hydrogen-bond donors (Lipinski definition) is 2. The summed E-state index contributed by atoms with van der Waals surface area (Å²) in [5.74, 6) is -0.393. The topological polar surface area (TPSA) is 75.5 Å². The van der Waals surface area contributed by atoms with E-state index in [9.17, 15) is 9.59 Å². The van der Waals surface area contributed by atoms with E-state index in [0.29, 0.717) is 5.71 Å². The van der Waals surface area contributed by atoms with Gasteiger partial charge in [0.1, 0.15) is 0 Å². The van der Waals surface area contributed by atoms with Crippen molar-refractivity contribution in [2.45, 2.75) is 33.2 Å². The zero-order valence-corrected chi connectivity index (χ0v) is 18.3. The molecule has 6 heteroatoms. The second kappa shape index (κ2) is 9.47. The van der Waals surface area contributed by atoms with Crippen molar-refractivity contribution in [2.24, 2.45) is 5.10 Å². The summed E-state index contributed by atoms with van der Waals surface area (Å²) in [5.41, 5.74) is 7.03. The van der Waals surface area contributed by atoms with Gasteiger partial charge in [-0.05, 0) is 43.7 Å². The van der Waals surface area contributed by atoms with Crippen LogP contribution in [-0.4, -0.2) is 22.1 Å². The Morgan fingerprint density at radius 2 is 1.59 bits per heavy atom. The molecule has 0 atom stereocenters. The Labute approximate surface area is 186 Å². The average molecular weight is 427 g/mol. The molecule has 0 aliphatic rings. The minimum Gasteiger partial charge on any atom is -0.341 e. The molecule has 0 radical (unpaired) electrons. The molecule has 0 saturated carbocycles. The van der Waals surface area contributed by atoms with E-state index in [1.54, 1.807) is 6.92 Å². The normalized spacial score (nSPS) is 11.6. The third kappa shape index (κ3) is 4.70. The lowest BCUT2D eigenvalue weighted by Gasteiger charge is -2.07. The van der Waals surface area contributed by atoms with Gasteiger partial charge >= 0.3 is 0 Å². The fourth-order valence-electron chi connectivity index (χ4n) is 3.93. The molecule has 162 valence electrons. The number of nitrogens with one attached hydrogen (secondary N) is 2. The summed E-state index contributed by atoms with van der Waals surface area (Å²) in [7, 11) is 0. The highest BCUT2D eigenvalue weighted by Crippen LogP contribution is 2.31. The van der Waals surface area contributed by atoms with Crippen LogP contribution in [0.1, 0.15) is 25.8 Å². The number of fused-ring (bicyclic) bond motifs is 3. The Morgan fingerprint density at radius 1 is 0.875 bits per heavy atom. The maximum atomic E-state index is 12.5. The van der Waals surface area contributed by atoms with Gasteiger partial charge in [0.05, 0.1) is 12.8 Å². The molecule has 0 fully saturated rings. The molecule has 32 heavy (non-hydrogen) atoms. The van der Waals surface area contributed by atoms with E-state index in [0.717, 1.165) is 28.7 Å². The molecule has 0 aliphatic carbocycles. The van der Waals surface area contributed by atoms with E-state index in [2.05, 4.69) is 39.5 Å². The van der Waals surface area contributed by atoms with Crippen LogP contribution in [0.5, 0.6) is 0 Å². The van der Waals surface area contributed by atoms with Crippen molar-refractivity contribution in [2.75, 3.05) is 5.32 Å². The highest BCUT2D eigenvalue weighted by Gasteiger charge is 2.11. The van der Waals surface area contributed by atoms with E-state index >= 15 is 0 Å². The lowest BCUT2D eigenvalue weighted by atomic mass is 10.1. The quantitative estimate of drug-likeness (QED) is 0.326. The van der Waals surface area contributed by atoms with Crippen molar-refractivity contribution in [1.29, 1.82) is 0 Å². The third-order valence-electron chi connectivity index (χ3n) is 5.37. The van der Waals surface area contributed by atoms with Crippen LogP contribution in [0.25, 0.3) is 21.8 Å². The van der Waals surface area contributed by atoms with Crippen LogP contribution in [0.3, 0.4) is 0 Å². The molecular formula is C26H26N4O2. The van der Waals surface area contributed by atoms with Gasteiger partial charge < -0.3 is 9.88 Å². The summed E-state index contributed by atoms with van der Waals surface area (Å²) < 4.78 is 2.27. The van der Waals surface area contributed by atoms with E-state index in [1.807, 2.05) is 60.7 Å². The number of para-hydroxylation sites is 1. The average Bonchev–Trinajstić information content (AvgIpc) is 3.11. The summed E-state index contributed by atoms with van der Waals surface area (Å²) in [6.07, 6.45) is 0.343. The summed E-state index contributed by atoms with van der Waals surface area (Å²) in [6, 6.07) is 23.7. The maximum Gasteiger partial charge on any atom is 0.244 e. The molecule has 2 N–H and O–H groups in total. The number of amides is 2. The number of benzene rings is 3. The van der Waals surface area contributed by atoms with E-state index < -0.39 is 0 Å². The zero-order valence-electron chi connectivity index (χ0n) is 18.3. The van der Waals surface area contributed by atoms with Crippen molar-refractivity contribution in [3.8, 4) is 0 Å². The summed E-state index contributed by atoms with van der Waals surface area (Å²) in [4.78, 5) is 24.5. The molecule has 0 bridgehead atoms. The first-order valence-corrected chi connectivity index (χ1v) is 10.7. The fraction of sp³-hybridized carbons (Fsp3) is 0.192.